The molecule has 0 amide bonds. The average Bonchev–Trinajstić information content (AvgIpc) is 2.82. The van der Waals surface area contributed by atoms with Gasteiger partial charge in [-0.2, -0.15) is 0 Å². The molecule has 19 heavy (non-hydrogen) atoms. The van der Waals surface area contributed by atoms with Crippen LogP contribution < -0.4 is 5.32 Å². The zero-order valence-corrected chi connectivity index (χ0v) is 12.1. The summed E-state index contributed by atoms with van der Waals surface area (Å²) < 4.78 is 1.36. The van der Waals surface area contributed by atoms with Crippen LogP contribution in [0.25, 0.3) is 10.1 Å². The van der Waals surface area contributed by atoms with Gasteiger partial charge in [-0.25, -0.2) is 0 Å². The second-order valence-corrected chi connectivity index (χ2v) is 5.79. The Morgan fingerprint density at radius 3 is 2.47 bits per heavy atom. The lowest BCUT2D eigenvalue weighted by atomic mass is 10.1. The van der Waals surface area contributed by atoms with Gasteiger partial charge < -0.3 is 5.32 Å². The Hall–Kier alpha value is -1.80. The van der Waals surface area contributed by atoms with Crippen molar-refractivity contribution in [3.8, 4) is 0 Å². The van der Waals surface area contributed by atoms with Gasteiger partial charge in [0.2, 0.25) is 0 Å². The summed E-state index contributed by atoms with van der Waals surface area (Å²) in [6, 6.07) is 15.0. The Kier molecular flexibility index (Phi) is 3.26. The quantitative estimate of drug-likeness (QED) is 0.693. The molecule has 0 unspecified atom stereocenters. The fraction of sp³-hybridized carbons (Fsp3) is 0.176. The Bertz CT molecular complexity index is 692. The molecule has 96 valence electrons. The number of aryl methyl sites for hydroxylation is 2. The summed E-state index contributed by atoms with van der Waals surface area (Å²) in [6.07, 6.45) is 0. The first-order valence-electron chi connectivity index (χ1n) is 6.51. The number of thiophene rings is 1. The Balaban J connectivity index is 1.87. The summed E-state index contributed by atoms with van der Waals surface area (Å²) in [4.78, 5) is 0. The van der Waals surface area contributed by atoms with E-state index < -0.39 is 0 Å². The van der Waals surface area contributed by atoms with Crippen molar-refractivity contribution >= 4 is 27.1 Å². The minimum atomic E-state index is 0.885. The molecule has 3 rings (SSSR count). The molecule has 1 aromatic heterocycles. The maximum absolute atomic E-state index is 3.58. The Morgan fingerprint density at radius 1 is 0.947 bits per heavy atom. The van der Waals surface area contributed by atoms with Crippen LogP contribution in [-0.4, -0.2) is 0 Å². The topological polar surface area (TPSA) is 12.0 Å². The molecule has 2 aromatic carbocycles. The molecular weight excluding hydrogens is 250 g/mol. The monoisotopic (exact) mass is 267 g/mol. The molecule has 0 aliphatic carbocycles. The van der Waals surface area contributed by atoms with Gasteiger partial charge in [-0.1, -0.05) is 36.4 Å². The van der Waals surface area contributed by atoms with Crippen LogP contribution in [0.15, 0.2) is 47.8 Å². The summed E-state index contributed by atoms with van der Waals surface area (Å²) in [6.45, 7) is 5.19. The number of para-hydroxylation sites is 1. The molecule has 0 aliphatic heterocycles. The van der Waals surface area contributed by atoms with Crippen LogP contribution in [0.2, 0.25) is 0 Å². The van der Waals surface area contributed by atoms with Gasteiger partial charge in [-0.3, -0.25) is 0 Å². The number of benzene rings is 2. The van der Waals surface area contributed by atoms with E-state index in [1.807, 2.05) is 11.3 Å². The molecule has 0 radical (unpaired) electrons. The summed E-state index contributed by atoms with van der Waals surface area (Å²) in [5, 5.41) is 7.20. The molecule has 0 saturated heterocycles. The number of fused-ring (bicyclic) bond motifs is 1. The molecule has 0 saturated carbocycles. The SMILES string of the molecule is Cc1cccc(C)c1NCc1csc2ccccc12. The van der Waals surface area contributed by atoms with Gasteiger partial charge in [-0.05, 0) is 47.4 Å². The predicted octanol–water partition coefficient (Wildman–Crippen LogP) is 5.13. The first kappa shape index (κ1) is 12.2. The Morgan fingerprint density at radius 2 is 1.68 bits per heavy atom. The standard InChI is InChI=1S/C17H17NS/c1-12-6-5-7-13(2)17(12)18-10-14-11-19-16-9-4-3-8-15(14)16/h3-9,11,18H,10H2,1-2H3. The molecular formula is C17H17NS. The van der Waals surface area contributed by atoms with Crippen LogP contribution in [0.3, 0.4) is 0 Å². The lowest BCUT2D eigenvalue weighted by Gasteiger charge is -2.12. The van der Waals surface area contributed by atoms with Crippen LogP contribution >= 0.6 is 11.3 Å². The molecule has 0 bridgehead atoms. The maximum atomic E-state index is 3.58. The van der Waals surface area contributed by atoms with Crippen molar-refractivity contribution in [3.63, 3.8) is 0 Å². The molecule has 2 heteroatoms. The zero-order chi connectivity index (χ0) is 13.2. The van der Waals surface area contributed by atoms with Gasteiger partial charge in [0.25, 0.3) is 0 Å². The maximum Gasteiger partial charge on any atom is 0.0415 e. The molecule has 1 N–H and O–H groups in total. The van der Waals surface area contributed by atoms with E-state index >= 15 is 0 Å². The van der Waals surface area contributed by atoms with Crippen molar-refractivity contribution in [2.24, 2.45) is 0 Å². The average molecular weight is 267 g/mol. The van der Waals surface area contributed by atoms with E-state index in [9.17, 15) is 0 Å². The molecule has 3 aromatic rings. The normalized spacial score (nSPS) is 10.8. The van der Waals surface area contributed by atoms with Gasteiger partial charge in [0.05, 0.1) is 0 Å². The van der Waals surface area contributed by atoms with Gasteiger partial charge in [0, 0.05) is 16.9 Å². The molecule has 0 spiro atoms. The van der Waals surface area contributed by atoms with Crippen LogP contribution in [0.4, 0.5) is 5.69 Å². The third-order valence-corrected chi connectivity index (χ3v) is 4.51. The fourth-order valence-electron chi connectivity index (χ4n) is 2.45. The zero-order valence-electron chi connectivity index (χ0n) is 11.2. The third-order valence-electron chi connectivity index (χ3n) is 3.50. The van der Waals surface area contributed by atoms with Crippen molar-refractivity contribution in [2.75, 3.05) is 5.32 Å². The van der Waals surface area contributed by atoms with Crippen molar-refractivity contribution in [2.45, 2.75) is 20.4 Å². The number of nitrogens with one attached hydrogen (secondary N) is 1. The highest BCUT2D eigenvalue weighted by Crippen LogP contribution is 2.27. The number of hydrogen-bond acceptors (Lipinski definition) is 2. The lowest BCUT2D eigenvalue weighted by Crippen LogP contribution is -2.02. The largest absolute Gasteiger partial charge is 0.380 e. The van der Waals surface area contributed by atoms with Gasteiger partial charge >= 0.3 is 0 Å². The van der Waals surface area contributed by atoms with Crippen LogP contribution in [-0.2, 0) is 6.54 Å². The Labute approximate surface area is 117 Å². The number of hydrogen-bond donors (Lipinski definition) is 1. The summed E-state index contributed by atoms with van der Waals surface area (Å²) in [5.74, 6) is 0. The minimum Gasteiger partial charge on any atom is -0.380 e. The summed E-state index contributed by atoms with van der Waals surface area (Å²) in [7, 11) is 0. The van der Waals surface area contributed by atoms with Gasteiger partial charge in [-0.15, -0.1) is 11.3 Å². The smallest absolute Gasteiger partial charge is 0.0415 e. The molecule has 0 atom stereocenters. The van der Waals surface area contributed by atoms with Crippen LogP contribution in [0.5, 0.6) is 0 Å². The summed E-state index contributed by atoms with van der Waals surface area (Å²) in [5.41, 5.74) is 5.25. The van der Waals surface area contributed by atoms with Crippen LogP contribution in [0.1, 0.15) is 16.7 Å². The minimum absolute atomic E-state index is 0.885. The highest BCUT2D eigenvalue weighted by Gasteiger charge is 2.05. The molecule has 1 nitrogen and oxygen atoms in total. The van der Waals surface area contributed by atoms with E-state index in [0.29, 0.717) is 0 Å². The third kappa shape index (κ3) is 2.36. The highest BCUT2D eigenvalue weighted by molar-refractivity contribution is 7.17. The fourth-order valence-corrected chi connectivity index (χ4v) is 3.41. The van der Waals surface area contributed by atoms with E-state index in [-0.39, 0.29) is 0 Å². The van der Waals surface area contributed by atoms with Gasteiger partial charge in [0.15, 0.2) is 0 Å². The second kappa shape index (κ2) is 5.06. The van der Waals surface area contributed by atoms with E-state index in [1.54, 1.807) is 0 Å². The van der Waals surface area contributed by atoms with Crippen molar-refractivity contribution < 1.29 is 0 Å². The van der Waals surface area contributed by atoms with Gasteiger partial charge in [0.1, 0.15) is 0 Å². The molecule has 1 heterocycles. The first-order chi connectivity index (χ1) is 9.25. The molecule has 0 aliphatic rings. The van der Waals surface area contributed by atoms with E-state index in [0.717, 1.165) is 6.54 Å². The first-order valence-corrected chi connectivity index (χ1v) is 7.39. The van der Waals surface area contributed by atoms with Crippen molar-refractivity contribution in [1.82, 2.24) is 0 Å². The molecule has 0 fully saturated rings. The van der Waals surface area contributed by atoms with E-state index in [2.05, 4.69) is 67.0 Å². The highest BCUT2D eigenvalue weighted by atomic mass is 32.1. The number of anilines is 1. The van der Waals surface area contributed by atoms with Crippen molar-refractivity contribution in [3.05, 3.63) is 64.5 Å². The second-order valence-electron chi connectivity index (χ2n) is 4.88. The van der Waals surface area contributed by atoms with Crippen molar-refractivity contribution in [1.29, 1.82) is 0 Å². The predicted molar refractivity (Wildman–Crippen MR) is 85.1 cm³/mol. The van der Waals surface area contributed by atoms with E-state index in [4.69, 9.17) is 0 Å². The van der Waals surface area contributed by atoms with E-state index in [1.165, 1.54) is 32.5 Å². The summed E-state index contributed by atoms with van der Waals surface area (Å²) >= 11 is 1.82. The lowest BCUT2D eigenvalue weighted by molar-refractivity contribution is 1.15. The van der Waals surface area contributed by atoms with Crippen LogP contribution in [0, 0.1) is 13.8 Å². The number of rotatable bonds is 3.